The van der Waals surface area contributed by atoms with Crippen LogP contribution in [-0.2, 0) is 29.2 Å². The van der Waals surface area contributed by atoms with Gasteiger partial charge in [0.2, 0.25) is 11.8 Å². The average Bonchev–Trinajstić information content (AvgIpc) is 3.16. The van der Waals surface area contributed by atoms with Gasteiger partial charge in [-0.05, 0) is 6.07 Å². The molecule has 3 aliphatic heterocycles. The lowest BCUT2D eigenvalue weighted by molar-refractivity contribution is -0.133. The van der Waals surface area contributed by atoms with Crippen LogP contribution in [-0.4, -0.2) is 86.6 Å². The second kappa shape index (κ2) is 7.28. The number of fused-ring (bicyclic) bond motifs is 1. The molecule has 4 amide bonds. The predicted octanol–water partition coefficient (Wildman–Crippen LogP) is -0.674. The molecule has 1 aromatic heterocycles. The average molecular weight is 378 g/mol. The molecular formula is C16H22N6O3S. The molecular weight excluding hydrogens is 356 g/mol. The van der Waals surface area contributed by atoms with Crippen LogP contribution in [0.15, 0.2) is 6.07 Å². The maximum absolute atomic E-state index is 12.5. The zero-order chi connectivity index (χ0) is 18.1. The standard InChI is InChI=1S/C16H22N6O3S/c23-14-10-21(16(25)17-14)11-15(24)20-1-2-22-13(9-20)7-12(18-22)8-19-3-5-26-6-4-19/h7H,1-6,8-11H2,(H,17,23,25). The van der Waals surface area contributed by atoms with Gasteiger partial charge in [-0.1, -0.05) is 0 Å². The largest absolute Gasteiger partial charge is 0.333 e. The number of carbonyl (C=O) groups excluding carboxylic acids is 3. The van der Waals surface area contributed by atoms with Crippen LogP contribution in [0.4, 0.5) is 4.79 Å². The summed E-state index contributed by atoms with van der Waals surface area (Å²) in [5, 5.41) is 6.86. The molecule has 0 saturated carbocycles. The third-order valence-electron chi connectivity index (χ3n) is 4.88. The third kappa shape index (κ3) is 3.70. The Hall–Kier alpha value is -2.07. The first-order chi connectivity index (χ1) is 12.6. The molecule has 1 N–H and O–H groups in total. The molecule has 10 heteroatoms. The van der Waals surface area contributed by atoms with E-state index in [0.717, 1.165) is 31.0 Å². The molecule has 9 nitrogen and oxygen atoms in total. The van der Waals surface area contributed by atoms with Crippen molar-refractivity contribution in [1.29, 1.82) is 0 Å². The highest BCUT2D eigenvalue weighted by Gasteiger charge is 2.31. The molecule has 0 spiro atoms. The van der Waals surface area contributed by atoms with Gasteiger partial charge in [-0.3, -0.25) is 24.5 Å². The second-order valence-electron chi connectivity index (χ2n) is 6.76. The molecule has 4 rings (SSSR count). The van der Waals surface area contributed by atoms with Crippen LogP contribution in [0.1, 0.15) is 11.4 Å². The third-order valence-corrected chi connectivity index (χ3v) is 5.83. The summed E-state index contributed by atoms with van der Waals surface area (Å²) in [6, 6.07) is 1.58. The summed E-state index contributed by atoms with van der Waals surface area (Å²) in [6.07, 6.45) is 0. The van der Waals surface area contributed by atoms with Crippen LogP contribution in [0.2, 0.25) is 0 Å². The van der Waals surface area contributed by atoms with Crippen molar-refractivity contribution in [3.63, 3.8) is 0 Å². The number of nitrogens with zero attached hydrogens (tertiary/aromatic N) is 5. The minimum atomic E-state index is -0.493. The fourth-order valence-corrected chi connectivity index (χ4v) is 4.46. The van der Waals surface area contributed by atoms with E-state index in [1.165, 1.54) is 16.4 Å². The van der Waals surface area contributed by atoms with Crippen LogP contribution in [0.3, 0.4) is 0 Å². The Bertz CT molecular complexity index is 730. The molecule has 26 heavy (non-hydrogen) atoms. The Labute approximate surface area is 155 Å². The Morgan fingerprint density at radius 1 is 1.15 bits per heavy atom. The van der Waals surface area contributed by atoms with E-state index in [0.29, 0.717) is 19.6 Å². The van der Waals surface area contributed by atoms with E-state index in [1.807, 2.05) is 16.4 Å². The van der Waals surface area contributed by atoms with Crippen molar-refractivity contribution < 1.29 is 14.4 Å². The van der Waals surface area contributed by atoms with E-state index in [9.17, 15) is 14.4 Å². The summed E-state index contributed by atoms with van der Waals surface area (Å²) in [4.78, 5) is 40.7. The van der Waals surface area contributed by atoms with Crippen molar-refractivity contribution in [2.45, 2.75) is 19.6 Å². The summed E-state index contributed by atoms with van der Waals surface area (Å²) >= 11 is 1.99. The van der Waals surface area contributed by atoms with Crippen LogP contribution in [0, 0.1) is 0 Å². The van der Waals surface area contributed by atoms with E-state index in [2.05, 4.69) is 21.4 Å². The molecule has 0 radical (unpaired) electrons. The molecule has 140 valence electrons. The summed E-state index contributed by atoms with van der Waals surface area (Å²) < 4.78 is 1.98. The molecule has 3 aliphatic rings. The van der Waals surface area contributed by atoms with Crippen molar-refractivity contribution in [3.8, 4) is 0 Å². The number of rotatable bonds is 4. The minimum absolute atomic E-state index is 0.0470. The molecule has 4 heterocycles. The van der Waals surface area contributed by atoms with Gasteiger partial charge in [-0.15, -0.1) is 0 Å². The number of hydrogen-bond acceptors (Lipinski definition) is 6. The van der Waals surface area contributed by atoms with E-state index in [-0.39, 0.29) is 24.9 Å². The zero-order valence-electron chi connectivity index (χ0n) is 14.5. The number of amides is 4. The molecule has 0 bridgehead atoms. The highest BCUT2D eigenvalue weighted by atomic mass is 32.2. The lowest BCUT2D eigenvalue weighted by Gasteiger charge is -2.28. The molecule has 0 unspecified atom stereocenters. The van der Waals surface area contributed by atoms with E-state index < -0.39 is 6.03 Å². The molecule has 2 fully saturated rings. The van der Waals surface area contributed by atoms with Gasteiger partial charge in [0.05, 0.1) is 24.5 Å². The fourth-order valence-electron chi connectivity index (χ4n) is 3.48. The SMILES string of the molecule is O=C1CN(CC(=O)N2CCn3nc(CN4CCSCC4)cc3C2)C(=O)N1. The molecule has 0 aliphatic carbocycles. The summed E-state index contributed by atoms with van der Waals surface area (Å²) in [5.74, 6) is 1.84. The summed E-state index contributed by atoms with van der Waals surface area (Å²) in [5.41, 5.74) is 2.07. The Morgan fingerprint density at radius 2 is 1.96 bits per heavy atom. The van der Waals surface area contributed by atoms with Gasteiger partial charge >= 0.3 is 6.03 Å². The quantitative estimate of drug-likeness (QED) is 0.699. The van der Waals surface area contributed by atoms with Crippen molar-refractivity contribution in [3.05, 3.63) is 17.5 Å². The first-order valence-corrected chi connectivity index (χ1v) is 9.96. The number of urea groups is 1. The maximum atomic E-state index is 12.5. The minimum Gasteiger partial charge on any atom is -0.333 e. The normalized spacial score (nSPS) is 21.1. The van der Waals surface area contributed by atoms with Crippen molar-refractivity contribution >= 4 is 29.6 Å². The number of hydrogen-bond donors (Lipinski definition) is 1. The summed E-state index contributed by atoms with van der Waals surface area (Å²) in [7, 11) is 0. The first-order valence-electron chi connectivity index (χ1n) is 8.81. The first kappa shape index (κ1) is 17.3. The van der Waals surface area contributed by atoms with Crippen molar-refractivity contribution in [1.82, 2.24) is 29.8 Å². The maximum Gasteiger partial charge on any atom is 0.325 e. The topological polar surface area (TPSA) is 90.8 Å². The second-order valence-corrected chi connectivity index (χ2v) is 7.99. The number of nitrogens with one attached hydrogen (secondary N) is 1. The van der Waals surface area contributed by atoms with Crippen molar-refractivity contribution in [2.24, 2.45) is 0 Å². The molecule has 0 atom stereocenters. The smallest absolute Gasteiger partial charge is 0.325 e. The molecule has 1 aromatic rings. The van der Waals surface area contributed by atoms with Crippen LogP contribution < -0.4 is 5.32 Å². The van der Waals surface area contributed by atoms with Gasteiger partial charge in [0.25, 0.3) is 0 Å². The number of imide groups is 1. The summed E-state index contributed by atoms with van der Waals surface area (Å²) in [6.45, 7) is 4.63. The molecule has 2 saturated heterocycles. The number of aromatic nitrogens is 2. The highest BCUT2D eigenvalue weighted by Crippen LogP contribution is 2.17. The van der Waals surface area contributed by atoms with Crippen LogP contribution in [0.25, 0.3) is 0 Å². The van der Waals surface area contributed by atoms with E-state index in [4.69, 9.17) is 0 Å². The zero-order valence-corrected chi connectivity index (χ0v) is 15.3. The van der Waals surface area contributed by atoms with E-state index in [1.54, 1.807) is 4.90 Å². The fraction of sp³-hybridized carbons (Fsp3) is 0.625. The van der Waals surface area contributed by atoms with Gasteiger partial charge in [-0.2, -0.15) is 16.9 Å². The van der Waals surface area contributed by atoms with E-state index >= 15 is 0 Å². The van der Waals surface area contributed by atoms with Gasteiger partial charge in [0.15, 0.2) is 0 Å². The Morgan fingerprint density at radius 3 is 2.69 bits per heavy atom. The van der Waals surface area contributed by atoms with Crippen LogP contribution >= 0.6 is 11.8 Å². The van der Waals surface area contributed by atoms with Crippen LogP contribution in [0.5, 0.6) is 0 Å². The molecule has 0 aromatic carbocycles. The lowest BCUT2D eigenvalue weighted by atomic mass is 10.2. The van der Waals surface area contributed by atoms with Gasteiger partial charge in [0, 0.05) is 37.7 Å². The Kier molecular flexibility index (Phi) is 4.86. The highest BCUT2D eigenvalue weighted by molar-refractivity contribution is 7.99. The number of carbonyl (C=O) groups is 3. The van der Waals surface area contributed by atoms with Gasteiger partial charge < -0.3 is 9.80 Å². The van der Waals surface area contributed by atoms with Crippen molar-refractivity contribution in [2.75, 3.05) is 44.2 Å². The number of thioether (sulfide) groups is 1. The lowest BCUT2D eigenvalue weighted by Crippen LogP contribution is -2.44. The van der Waals surface area contributed by atoms with Gasteiger partial charge in [0.1, 0.15) is 13.1 Å². The van der Waals surface area contributed by atoms with Gasteiger partial charge in [-0.25, -0.2) is 4.79 Å². The monoisotopic (exact) mass is 378 g/mol. The Balaban J connectivity index is 1.35. The predicted molar refractivity (Wildman–Crippen MR) is 95.4 cm³/mol.